The second-order valence-corrected chi connectivity index (χ2v) is 12.7. The first kappa shape index (κ1) is 34.9. The molecule has 0 bridgehead atoms. The molecular weight excluding hydrogens is 627 g/mol. The first-order valence-corrected chi connectivity index (χ1v) is 16.7. The van der Waals surface area contributed by atoms with Crippen LogP contribution < -0.4 is 10.6 Å². The summed E-state index contributed by atoms with van der Waals surface area (Å²) in [5, 5.41) is 6.98. The van der Waals surface area contributed by atoms with Gasteiger partial charge in [-0.1, -0.05) is 80.0 Å². The lowest BCUT2D eigenvalue weighted by atomic mass is 9.97. The van der Waals surface area contributed by atoms with E-state index in [4.69, 9.17) is 11.6 Å². The molecule has 3 unspecified atom stereocenters. The highest BCUT2D eigenvalue weighted by atomic mass is 35.5. The lowest BCUT2D eigenvalue weighted by Crippen LogP contribution is -2.56. The zero-order valence-corrected chi connectivity index (χ0v) is 27.7. The van der Waals surface area contributed by atoms with Gasteiger partial charge in [-0.05, 0) is 53.5 Å². The van der Waals surface area contributed by atoms with Gasteiger partial charge in [-0.25, -0.2) is 0 Å². The van der Waals surface area contributed by atoms with Gasteiger partial charge in [0.25, 0.3) is 0 Å². The Morgan fingerprint density at radius 1 is 0.957 bits per heavy atom. The Morgan fingerprint density at radius 3 is 2.30 bits per heavy atom. The van der Waals surface area contributed by atoms with Crippen LogP contribution in [0.3, 0.4) is 0 Å². The van der Waals surface area contributed by atoms with E-state index in [0.717, 1.165) is 22.8 Å². The molecule has 3 aromatic rings. The Balaban J connectivity index is 1.31. The van der Waals surface area contributed by atoms with Crippen molar-refractivity contribution in [1.29, 1.82) is 0 Å². The third-order valence-electron chi connectivity index (χ3n) is 9.36. The highest BCUT2D eigenvalue weighted by molar-refractivity contribution is 6.30. The molecule has 0 aliphatic carbocycles. The number of hydrogen-bond acceptors (Lipinski definition) is 5. The van der Waals surface area contributed by atoms with Crippen LogP contribution in [0.2, 0.25) is 5.02 Å². The van der Waals surface area contributed by atoms with Gasteiger partial charge in [0.05, 0.1) is 5.56 Å². The Hall–Kier alpha value is -3.44. The third-order valence-corrected chi connectivity index (χ3v) is 9.61. The van der Waals surface area contributed by atoms with Crippen molar-refractivity contribution in [2.24, 2.45) is 0 Å². The number of fused-ring (bicyclic) bond motifs is 1. The number of carbonyl (C=O) groups excluding carboxylic acids is 2. The van der Waals surface area contributed by atoms with Crippen molar-refractivity contribution in [3.63, 3.8) is 0 Å². The van der Waals surface area contributed by atoms with Crippen LogP contribution in [-0.2, 0) is 28.7 Å². The Morgan fingerprint density at radius 2 is 1.62 bits per heavy atom. The zero-order valence-electron chi connectivity index (χ0n) is 26.9. The van der Waals surface area contributed by atoms with Gasteiger partial charge in [0, 0.05) is 69.2 Å². The number of halogens is 4. The number of alkyl halides is 3. The van der Waals surface area contributed by atoms with Gasteiger partial charge < -0.3 is 20.4 Å². The maximum atomic E-state index is 14.1. The van der Waals surface area contributed by atoms with Crippen molar-refractivity contribution in [2.45, 2.75) is 57.5 Å². The minimum absolute atomic E-state index is 0.136. The van der Waals surface area contributed by atoms with Crippen LogP contribution in [0.15, 0.2) is 72.8 Å². The molecule has 2 amide bonds. The van der Waals surface area contributed by atoms with Crippen LogP contribution in [-0.4, -0.2) is 78.4 Å². The number of likely N-dealkylation sites (N-methyl/N-ethyl adjacent to an activating group) is 1. The molecule has 1 fully saturated rings. The predicted molar refractivity (Wildman–Crippen MR) is 178 cm³/mol. The normalized spacial score (nSPS) is 18.2. The minimum atomic E-state index is -4.47. The zero-order chi connectivity index (χ0) is 33.6. The molecule has 252 valence electrons. The molecule has 2 aliphatic heterocycles. The van der Waals surface area contributed by atoms with Gasteiger partial charge in [0.15, 0.2) is 0 Å². The summed E-state index contributed by atoms with van der Waals surface area (Å²) in [7, 11) is 0. The molecule has 0 spiro atoms. The standard InChI is InChI=1S/C36H43ClF3N5O2/c1-3-43(4-2)24-33(29-11-7-8-12-30(29)36(38,39)40)44-17-19-45(20-18-44)35(47)32(21-25-13-15-27(37)16-14-25)42-34(46)22-31-28-10-6-5-9-26(28)23-41-31/h5-16,31-33,41H,3-4,17-24H2,1-2H3,(H,42,46). The van der Waals surface area contributed by atoms with Crippen LogP contribution in [0.5, 0.6) is 0 Å². The summed E-state index contributed by atoms with van der Waals surface area (Å²) in [5.41, 5.74) is 2.74. The van der Waals surface area contributed by atoms with Crippen molar-refractivity contribution in [1.82, 2.24) is 25.3 Å². The van der Waals surface area contributed by atoms with E-state index in [-0.39, 0.29) is 29.8 Å². The number of carbonyl (C=O) groups is 2. The van der Waals surface area contributed by atoms with E-state index < -0.39 is 23.8 Å². The molecule has 7 nitrogen and oxygen atoms in total. The molecule has 0 aromatic heterocycles. The summed E-state index contributed by atoms with van der Waals surface area (Å²) in [6.45, 7) is 8.07. The smallest absolute Gasteiger partial charge is 0.344 e. The fourth-order valence-corrected chi connectivity index (χ4v) is 6.84. The molecule has 0 saturated carbocycles. The van der Waals surface area contributed by atoms with Crippen LogP contribution >= 0.6 is 11.6 Å². The minimum Gasteiger partial charge on any atom is -0.344 e. The lowest BCUT2D eigenvalue weighted by Gasteiger charge is -2.42. The molecule has 3 aromatic carbocycles. The Labute approximate surface area is 280 Å². The molecule has 11 heteroatoms. The van der Waals surface area contributed by atoms with Crippen molar-refractivity contribution < 1.29 is 22.8 Å². The van der Waals surface area contributed by atoms with Crippen molar-refractivity contribution >= 4 is 23.4 Å². The van der Waals surface area contributed by atoms with E-state index in [0.29, 0.717) is 63.8 Å². The number of nitrogens with one attached hydrogen (secondary N) is 2. The lowest BCUT2D eigenvalue weighted by molar-refractivity contribution is -0.139. The average Bonchev–Trinajstić information content (AvgIpc) is 3.48. The van der Waals surface area contributed by atoms with E-state index in [1.807, 2.05) is 50.2 Å². The van der Waals surface area contributed by atoms with Crippen LogP contribution in [0.25, 0.3) is 0 Å². The first-order chi connectivity index (χ1) is 22.6. The highest BCUT2D eigenvalue weighted by Crippen LogP contribution is 2.37. The molecule has 2 heterocycles. The van der Waals surface area contributed by atoms with Gasteiger partial charge in [-0.2, -0.15) is 13.2 Å². The topological polar surface area (TPSA) is 67.9 Å². The van der Waals surface area contributed by atoms with Gasteiger partial charge in [-0.15, -0.1) is 0 Å². The highest BCUT2D eigenvalue weighted by Gasteiger charge is 2.38. The summed E-state index contributed by atoms with van der Waals surface area (Å²) in [6, 6.07) is 19.6. The SMILES string of the molecule is CCN(CC)CC(c1ccccc1C(F)(F)F)N1CCN(C(=O)C(Cc2ccc(Cl)cc2)NC(=O)CC2NCc3ccccc32)CC1. The van der Waals surface area contributed by atoms with Crippen LogP contribution in [0.4, 0.5) is 13.2 Å². The number of hydrogen-bond donors (Lipinski definition) is 2. The fourth-order valence-electron chi connectivity index (χ4n) is 6.71. The summed E-state index contributed by atoms with van der Waals surface area (Å²) < 4.78 is 42.3. The maximum Gasteiger partial charge on any atom is 0.416 e. The first-order valence-electron chi connectivity index (χ1n) is 16.3. The van der Waals surface area contributed by atoms with E-state index in [9.17, 15) is 22.8 Å². The van der Waals surface area contributed by atoms with E-state index >= 15 is 0 Å². The molecule has 1 saturated heterocycles. The van der Waals surface area contributed by atoms with Crippen molar-refractivity contribution in [3.05, 3.63) is 106 Å². The van der Waals surface area contributed by atoms with Crippen molar-refractivity contribution in [2.75, 3.05) is 45.8 Å². The average molecular weight is 670 g/mol. The Bertz CT molecular complexity index is 1510. The molecule has 47 heavy (non-hydrogen) atoms. The molecule has 2 N–H and O–H groups in total. The summed E-state index contributed by atoms with van der Waals surface area (Å²) in [5.74, 6) is -0.433. The van der Waals surface area contributed by atoms with Crippen LogP contribution in [0.1, 0.15) is 60.2 Å². The molecule has 5 rings (SSSR count). The fraction of sp³-hybridized carbons (Fsp3) is 0.444. The summed E-state index contributed by atoms with van der Waals surface area (Å²) in [4.78, 5) is 33.3. The molecule has 2 aliphatic rings. The number of nitrogens with zero attached hydrogens (tertiary/aromatic N) is 3. The van der Waals surface area contributed by atoms with E-state index in [1.165, 1.54) is 6.07 Å². The largest absolute Gasteiger partial charge is 0.416 e. The second kappa shape index (κ2) is 15.6. The molecule has 0 radical (unpaired) electrons. The predicted octanol–water partition coefficient (Wildman–Crippen LogP) is 5.85. The maximum absolute atomic E-state index is 14.1. The Kier molecular flexibility index (Phi) is 11.6. The monoisotopic (exact) mass is 669 g/mol. The molecule has 3 atom stereocenters. The van der Waals surface area contributed by atoms with E-state index in [1.54, 1.807) is 29.2 Å². The number of rotatable bonds is 12. The van der Waals surface area contributed by atoms with Gasteiger partial charge in [0.2, 0.25) is 11.8 Å². The second-order valence-electron chi connectivity index (χ2n) is 12.2. The van der Waals surface area contributed by atoms with Gasteiger partial charge in [-0.3, -0.25) is 14.5 Å². The van der Waals surface area contributed by atoms with Gasteiger partial charge in [0.1, 0.15) is 6.04 Å². The molecular formula is C36H43ClF3N5O2. The third kappa shape index (κ3) is 8.73. The summed E-state index contributed by atoms with van der Waals surface area (Å²) in [6.07, 6.45) is -3.99. The number of amides is 2. The van der Waals surface area contributed by atoms with Gasteiger partial charge >= 0.3 is 6.18 Å². The quantitative estimate of drug-likeness (QED) is 0.254. The van der Waals surface area contributed by atoms with E-state index in [2.05, 4.69) is 20.4 Å². The van der Waals surface area contributed by atoms with Crippen molar-refractivity contribution in [3.8, 4) is 0 Å². The number of piperazine rings is 1. The van der Waals surface area contributed by atoms with Crippen LogP contribution in [0, 0.1) is 0 Å². The number of benzene rings is 3. The summed E-state index contributed by atoms with van der Waals surface area (Å²) >= 11 is 6.10.